The van der Waals surface area contributed by atoms with Gasteiger partial charge in [-0.1, -0.05) is 44.5 Å². The molecule has 0 aliphatic heterocycles. The number of hydrogen-bond donors (Lipinski definition) is 0. The van der Waals surface area contributed by atoms with E-state index in [4.69, 9.17) is 9.47 Å². The van der Waals surface area contributed by atoms with Gasteiger partial charge in [-0.25, -0.2) is 0 Å². The molecular formula is C20H26O2. The molecule has 2 aromatic carbocycles. The molecule has 2 nitrogen and oxygen atoms in total. The zero-order valence-electron chi connectivity index (χ0n) is 14.0. The normalized spacial score (nSPS) is 11.0. The third-order valence-electron chi connectivity index (χ3n) is 4.07. The Balaban J connectivity index is 2.27. The summed E-state index contributed by atoms with van der Waals surface area (Å²) in [6.45, 7) is 4.55. The minimum Gasteiger partial charge on any atom is -0.497 e. The quantitative estimate of drug-likeness (QED) is 0.693. The zero-order valence-corrected chi connectivity index (χ0v) is 14.0. The minimum atomic E-state index is 0.416. The summed E-state index contributed by atoms with van der Waals surface area (Å²) in [4.78, 5) is 0. The summed E-state index contributed by atoms with van der Waals surface area (Å²) in [5, 5.41) is 0. The number of benzene rings is 2. The Morgan fingerprint density at radius 2 is 1.09 bits per heavy atom. The molecule has 0 spiro atoms. The maximum absolute atomic E-state index is 5.27. The van der Waals surface area contributed by atoms with Crippen molar-refractivity contribution in [2.24, 2.45) is 5.92 Å². The van der Waals surface area contributed by atoms with E-state index in [0.717, 1.165) is 17.9 Å². The summed E-state index contributed by atoms with van der Waals surface area (Å²) in [6, 6.07) is 16.9. The lowest BCUT2D eigenvalue weighted by Gasteiger charge is -2.20. The summed E-state index contributed by atoms with van der Waals surface area (Å²) < 4.78 is 10.5. The highest BCUT2D eigenvalue weighted by Crippen LogP contribution is 2.32. The monoisotopic (exact) mass is 298 g/mol. The second-order valence-corrected chi connectivity index (χ2v) is 6.07. The van der Waals surface area contributed by atoms with E-state index in [0.29, 0.717) is 11.8 Å². The van der Waals surface area contributed by atoms with E-state index in [1.165, 1.54) is 17.5 Å². The van der Waals surface area contributed by atoms with Crippen molar-refractivity contribution in [3.05, 3.63) is 59.7 Å². The van der Waals surface area contributed by atoms with E-state index < -0.39 is 0 Å². The van der Waals surface area contributed by atoms with Crippen LogP contribution in [-0.4, -0.2) is 14.2 Å². The van der Waals surface area contributed by atoms with Crippen LogP contribution < -0.4 is 9.47 Å². The maximum atomic E-state index is 5.27. The minimum absolute atomic E-state index is 0.416. The molecule has 22 heavy (non-hydrogen) atoms. The van der Waals surface area contributed by atoms with Crippen LogP contribution in [0.15, 0.2) is 48.5 Å². The van der Waals surface area contributed by atoms with Gasteiger partial charge in [-0.2, -0.15) is 0 Å². The first-order valence-corrected chi connectivity index (χ1v) is 7.92. The Morgan fingerprint density at radius 3 is 1.41 bits per heavy atom. The van der Waals surface area contributed by atoms with Gasteiger partial charge in [-0.3, -0.25) is 0 Å². The lowest BCUT2D eigenvalue weighted by atomic mass is 9.85. The van der Waals surface area contributed by atoms with Crippen LogP contribution in [0.4, 0.5) is 0 Å². The Hall–Kier alpha value is -1.96. The molecule has 0 saturated carbocycles. The lowest BCUT2D eigenvalue weighted by Crippen LogP contribution is -2.03. The van der Waals surface area contributed by atoms with Crippen molar-refractivity contribution < 1.29 is 9.47 Å². The van der Waals surface area contributed by atoms with Gasteiger partial charge in [0.1, 0.15) is 11.5 Å². The molecule has 2 heteroatoms. The summed E-state index contributed by atoms with van der Waals surface area (Å²) in [5.74, 6) is 2.93. The van der Waals surface area contributed by atoms with Crippen molar-refractivity contribution in [3.8, 4) is 11.5 Å². The Bertz CT molecular complexity index is 508. The molecule has 0 aliphatic rings. The van der Waals surface area contributed by atoms with Crippen LogP contribution in [0.2, 0.25) is 0 Å². The van der Waals surface area contributed by atoms with Gasteiger partial charge in [-0.05, 0) is 47.7 Å². The van der Waals surface area contributed by atoms with Gasteiger partial charge in [0.15, 0.2) is 0 Å². The lowest BCUT2D eigenvalue weighted by molar-refractivity contribution is 0.414. The van der Waals surface area contributed by atoms with Crippen LogP contribution in [0.25, 0.3) is 0 Å². The van der Waals surface area contributed by atoms with Crippen LogP contribution in [0, 0.1) is 5.92 Å². The highest BCUT2D eigenvalue weighted by Gasteiger charge is 2.15. The molecule has 0 amide bonds. The smallest absolute Gasteiger partial charge is 0.118 e. The molecule has 0 N–H and O–H groups in total. The Labute approximate surface area is 134 Å². The first-order valence-electron chi connectivity index (χ1n) is 7.92. The highest BCUT2D eigenvalue weighted by atomic mass is 16.5. The van der Waals surface area contributed by atoms with Gasteiger partial charge < -0.3 is 9.47 Å². The molecule has 0 bridgehead atoms. The van der Waals surface area contributed by atoms with E-state index in [-0.39, 0.29) is 0 Å². The number of hydrogen-bond acceptors (Lipinski definition) is 2. The van der Waals surface area contributed by atoms with Crippen molar-refractivity contribution in [3.63, 3.8) is 0 Å². The summed E-state index contributed by atoms with van der Waals surface area (Å²) >= 11 is 0. The van der Waals surface area contributed by atoms with E-state index in [9.17, 15) is 0 Å². The molecule has 2 aromatic rings. The third kappa shape index (κ3) is 4.27. The van der Waals surface area contributed by atoms with E-state index in [1.807, 2.05) is 24.3 Å². The SMILES string of the molecule is COc1ccc(C(CCC(C)C)c2ccc(OC)cc2)cc1. The van der Waals surface area contributed by atoms with E-state index >= 15 is 0 Å². The van der Waals surface area contributed by atoms with Crippen molar-refractivity contribution in [2.45, 2.75) is 32.6 Å². The first kappa shape index (κ1) is 16.4. The summed E-state index contributed by atoms with van der Waals surface area (Å²) in [5.41, 5.74) is 2.68. The molecule has 0 aromatic heterocycles. The first-order chi connectivity index (χ1) is 10.6. The molecule has 0 saturated heterocycles. The van der Waals surface area contributed by atoms with E-state index in [2.05, 4.69) is 38.1 Å². The highest BCUT2D eigenvalue weighted by molar-refractivity contribution is 5.38. The zero-order chi connectivity index (χ0) is 15.9. The standard InChI is InChI=1S/C20H26O2/c1-15(2)5-14-20(16-6-10-18(21-3)11-7-16)17-8-12-19(22-4)13-9-17/h6-13,15,20H,5,14H2,1-4H3. The van der Waals surface area contributed by atoms with Gasteiger partial charge in [-0.15, -0.1) is 0 Å². The Morgan fingerprint density at radius 1 is 0.682 bits per heavy atom. The number of methoxy groups -OCH3 is 2. The largest absolute Gasteiger partial charge is 0.497 e. The van der Waals surface area contributed by atoms with Gasteiger partial charge in [0.05, 0.1) is 14.2 Å². The molecule has 0 fully saturated rings. The maximum Gasteiger partial charge on any atom is 0.118 e. The topological polar surface area (TPSA) is 18.5 Å². The van der Waals surface area contributed by atoms with Crippen LogP contribution >= 0.6 is 0 Å². The number of rotatable bonds is 7. The van der Waals surface area contributed by atoms with Crippen LogP contribution in [0.1, 0.15) is 43.7 Å². The molecular weight excluding hydrogens is 272 g/mol. The molecule has 2 rings (SSSR count). The molecule has 0 heterocycles. The average Bonchev–Trinajstić information content (AvgIpc) is 2.56. The summed E-state index contributed by atoms with van der Waals surface area (Å²) in [6.07, 6.45) is 2.36. The molecule has 118 valence electrons. The van der Waals surface area contributed by atoms with Gasteiger partial charge in [0.25, 0.3) is 0 Å². The molecule has 0 unspecified atom stereocenters. The summed E-state index contributed by atoms with van der Waals surface area (Å²) in [7, 11) is 3.41. The second kappa shape index (κ2) is 7.88. The van der Waals surface area contributed by atoms with Crippen LogP contribution in [0.3, 0.4) is 0 Å². The fraction of sp³-hybridized carbons (Fsp3) is 0.400. The second-order valence-electron chi connectivity index (χ2n) is 6.07. The Kier molecular flexibility index (Phi) is 5.88. The average molecular weight is 298 g/mol. The van der Waals surface area contributed by atoms with E-state index in [1.54, 1.807) is 14.2 Å². The number of ether oxygens (including phenoxy) is 2. The van der Waals surface area contributed by atoms with Crippen LogP contribution in [0.5, 0.6) is 11.5 Å². The predicted octanol–water partition coefficient (Wildman–Crippen LogP) is 5.27. The van der Waals surface area contributed by atoms with Gasteiger partial charge in [0.2, 0.25) is 0 Å². The van der Waals surface area contributed by atoms with Crippen LogP contribution in [-0.2, 0) is 0 Å². The third-order valence-corrected chi connectivity index (χ3v) is 4.07. The molecule has 0 atom stereocenters. The molecule has 0 aliphatic carbocycles. The fourth-order valence-electron chi connectivity index (χ4n) is 2.70. The fourth-order valence-corrected chi connectivity index (χ4v) is 2.70. The van der Waals surface area contributed by atoms with Crippen molar-refractivity contribution in [2.75, 3.05) is 14.2 Å². The van der Waals surface area contributed by atoms with Gasteiger partial charge in [0, 0.05) is 5.92 Å². The predicted molar refractivity (Wildman–Crippen MR) is 91.9 cm³/mol. The van der Waals surface area contributed by atoms with Gasteiger partial charge >= 0.3 is 0 Å². The van der Waals surface area contributed by atoms with Crippen molar-refractivity contribution >= 4 is 0 Å². The molecule has 0 radical (unpaired) electrons. The van der Waals surface area contributed by atoms with Crippen molar-refractivity contribution in [1.82, 2.24) is 0 Å². The van der Waals surface area contributed by atoms with Crippen molar-refractivity contribution in [1.29, 1.82) is 0 Å².